The Bertz CT molecular complexity index is 3360. The maximum absolute atomic E-state index is 14.4. The predicted molar refractivity (Wildman–Crippen MR) is 301 cm³/mol. The Kier molecular flexibility index (Phi) is 17.8. The number of amides is 2. The van der Waals surface area contributed by atoms with Gasteiger partial charge in [0.2, 0.25) is 27.8 Å². The normalized spacial score (nSPS) is 11.9. The van der Waals surface area contributed by atoms with E-state index in [2.05, 4.69) is 85.0 Å². The molecule has 4 aromatic carbocycles. The van der Waals surface area contributed by atoms with Crippen LogP contribution in [0.25, 0.3) is 22.2 Å². The number of ether oxygens (including phenoxy) is 2. The summed E-state index contributed by atoms with van der Waals surface area (Å²) in [7, 11) is 3.63. The number of rotatable bonds is 25. The minimum atomic E-state index is -3.94. The van der Waals surface area contributed by atoms with E-state index in [0.717, 1.165) is 33.9 Å². The van der Waals surface area contributed by atoms with Crippen molar-refractivity contribution in [2.75, 3.05) is 73.6 Å². The van der Waals surface area contributed by atoms with E-state index < -0.39 is 32.9 Å². The van der Waals surface area contributed by atoms with Crippen LogP contribution in [0.4, 0.5) is 50.5 Å². The zero-order valence-corrected chi connectivity index (χ0v) is 46.1. The Morgan fingerprint density at radius 3 is 2.34 bits per heavy atom. The SMILES string of the molecule is C=CC(=O)Nc1cc(Nc2nccc(-c3cn(C)c4ccccc34)n2)c(OC)cc1N(C)CCN(C)CCC(C)(C)OCCC(C)(C)NS(=O)(=O)c1ccc(Nc2ncc(Br)c(Nc3cccc(F)c3C(N)=O)n2)cc1. The lowest BCUT2D eigenvalue weighted by Crippen LogP contribution is -2.44. The summed E-state index contributed by atoms with van der Waals surface area (Å²) in [6.07, 6.45) is 7.53. The third-order valence-electron chi connectivity index (χ3n) is 12.5. The van der Waals surface area contributed by atoms with Gasteiger partial charge in [-0.3, -0.25) is 9.59 Å². The van der Waals surface area contributed by atoms with Gasteiger partial charge in [-0.25, -0.2) is 32.5 Å². The predicted octanol–water partition coefficient (Wildman–Crippen LogP) is 9.49. The molecule has 0 saturated carbocycles. The maximum atomic E-state index is 14.4. The van der Waals surface area contributed by atoms with Crippen LogP contribution in [0.5, 0.6) is 5.75 Å². The van der Waals surface area contributed by atoms with Crippen LogP contribution in [-0.4, -0.2) is 108 Å². The summed E-state index contributed by atoms with van der Waals surface area (Å²) in [6, 6.07) is 23.8. The number of methoxy groups -OCH3 is 1. The van der Waals surface area contributed by atoms with Crippen LogP contribution in [-0.2, 0) is 26.6 Å². The number of halogens is 2. The van der Waals surface area contributed by atoms with Crippen molar-refractivity contribution in [2.24, 2.45) is 12.8 Å². The number of nitrogens with zero attached hydrogens (tertiary/aromatic N) is 7. The van der Waals surface area contributed by atoms with E-state index in [-0.39, 0.29) is 33.8 Å². The molecule has 19 nitrogen and oxygen atoms in total. The number of hydrogen-bond donors (Lipinski definition) is 6. The number of aromatic nitrogens is 5. The molecule has 7 N–H and O–H groups in total. The molecule has 7 aromatic rings. The van der Waals surface area contributed by atoms with Gasteiger partial charge in [0.15, 0.2) is 0 Å². The van der Waals surface area contributed by atoms with E-state index in [9.17, 15) is 22.4 Å². The Morgan fingerprint density at radius 2 is 1.62 bits per heavy atom. The quantitative estimate of drug-likeness (QED) is 0.0292. The second-order valence-electron chi connectivity index (χ2n) is 19.3. The van der Waals surface area contributed by atoms with Crippen molar-refractivity contribution in [3.63, 3.8) is 0 Å². The molecule has 0 atom stereocenters. The van der Waals surface area contributed by atoms with E-state index in [1.165, 1.54) is 36.5 Å². The molecular formula is C54H63BrFN13O6S. The van der Waals surface area contributed by atoms with Gasteiger partial charge in [-0.05, 0) is 124 Å². The molecule has 3 aromatic heterocycles. The van der Waals surface area contributed by atoms with Crippen LogP contribution in [0.2, 0.25) is 0 Å². The molecule has 22 heteroatoms. The summed E-state index contributed by atoms with van der Waals surface area (Å²) >= 11 is 3.36. The first-order valence-corrected chi connectivity index (χ1v) is 26.5. The zero-order valence-electron chi connectivity index (χ0n) is 43.7. The van der Waals surface area contributed by atoms with Crippen LogP contribution in [0.3, 0.4) is 0 Å². The number of aryl methyl sites for hydroxylation is 1. The lowest BCUT2D eigenvalue weighted by molar-refractivity contribution is -0.111. The summed E-state index contributed by atoms with van der Waals surface area (Å²) in [6.45, 7) is 13.6. The van der Waals surface area contributed by atoms with E-state index in [4.69, 9.17) is 20.2 Å². The summed E-state index contributed by atoms with van der Waals surface area (Å²) in [5.41, 5.74) is 8.98. The molecule has 2 amide bonds. The maximum Gasteiger partial charge on any atom is 0.253 e. The van der Waals surface area contributed by atoms with Crippen LogP contribution >= 0.6 is 15.9 Å². The van der Waals surface area contributed by atoms with Crippen molar-refractivity contribution in [3.05, 3.63) is 132 Å². The van der Waals surface area contributed by atoms with E-state index >= 15 is 0 Å². The monoisotopic (exact) mass is 1120 g/mol. The molecular weight excluding hydrogens is 1060 g/mol. The number of anilines is 8. The number of benzene rings is 4. The van der Waals surface area contributed by atoms with Crippen molar-refractivity contribution in [1.82, 2.24) is 34.1 Å². The number of fused-ring (bicyclic) bond motifs is 1. The molecule has 0 aliphatic heterocycles. The zero-order chi connectivity index (χ0) is 55.0. The molecule has 0 spiro atoms. The van der Waals surface area contributed by atoms with Crippen LogP contribution < -0.4 is 41.4 Å². The van der Waals surface area contributed by atoms with E-state index in [1.54, 1.807) is 31.5 Å². The fourth-order valence-corrected chi connectivity index (χ4v) is 9.91. The third-order valence-corrected chi connectivity index (χ3v) is 14.8. The number of sulfonamides is 1. The van der Waals surface area contributed by atoms with Gasteiger partial charge < -0.3 is 50.8 Å². The van der Waals surface area contributed by atoms with Gasteiger partial charge in [0.25, 0.3) is 5.91 Å². The van der Waals surface area contributed by atoms with E-state index in [0.29, 0.717) is 72.3 Å². The first kappa shape index (κ1) is 56.2. The van der Waals surface area contributed by atoms with Gasteiger partial charge in [0.05, 0.1) is 56.1 Å². The topological polar surface area (TPSA) is 236 Å². The van der Waals surface area contributed by atoms with Crippen molar-refractivity contribution in [3.8, 4) is 17.0 Å². The molecule has 400 valence electrons. The summed E-state index contributed by atoms with van der Waals surface area (Å²) in [5, 5.41) is 13.3. The van der Waals surface area contributed by atoms with E-state index in [1.807, 2.05) is 84.2 Å². The highest BCUT2D eigenvalue weighted by atomic mass is 79.9. The number of para-hydroxylation sites is 1. The lowest BCUT2D eigenvalue weighted by atomic mass is 10.0. The number of carbonyl (C=O) groups excluding carboxylic acids is 2. The van der Waals surface area contributed by atoms with Crippen LogP contribution in [0.1, 0.15) is 50.9 Å². The molecule has 0 aliphatic rings. The summed E-state index contributed by atoms with van der Waals surface area (Å²) in [5.74, 6) is -0.836. The van der Waals surface area contributed by atoms with Crippen molar-refractivity contribution < 1.29 is 31.9 Å². The highest BCUT2D eigenvalue weighted by molar-refractivity contribution is 9.10. The lowest BCUT2D eigenvalue weighted by Gasteiger charge is -2.32. The highest BCUT2D eigenvalue weighted by Gasteiger charge is 2.28. The number of primary amides is 1. The Morgan fingerprint density at radius 1 is 0.882 bits per heavy atom. The number of nitrogens with two attached hydrogens (primary N) is 1. The van der Waals surface area contributed by atoms with Gasteiger partial charge in [0, 0.05) is 92.7 Å². The van der Waals surface area contributed by atoms with Crippen molar-refractivity contribution in [2.45, 2.75) is 56.6 Å². The van der Waals surface area contributed by atoms with Crippen LogP contribution in [0.15, 0.2) is 126 Å². The molecule has 0 radical (unpaired) electrons. The van der Waals surface area contributed by atoms with Gasteiger partial charge in [-0.15, -0.1) is 0 Å². The number of carbonyl (C=O) groups is 2. The summed E-state index contributed by atoms with van der Waals surface area (Å²) < 4.78 is 59.0. The van der Waals surface area contributed by atoms with Gasteiger partial charge in [0.1, 0.15) is 17.4 Å². The Hall–Kier alpha value is -7.50. The van der Waals surface area contributed by atoms with Crippen molar-refractivity contribution in [1.29, 1.82) is 0 Å². The number of nitrogens with one attached hydrogen (secondary N) is 5. The van der Waals surface area contributed by atoms with Gasteiger partial charge in [-0.2, -0.15) is 4.98 Å². The molecule has 7 rings (SSSR count). The standard InChI is InChI=1S/C54H63BrFN13O6S/c1-10-47(70)61-42-30-43(64-51-58-25-22-40(63-51)37-33-69(8)44-17-12-11-14-36(37)44)46(74-9)31-45(42)68(7)28-27-67(6)26-23-54(4,5)75-29-24-53(2,3)66-76(72,73)35-20-18-34(19-21-35)60-52-59-32-38(55)50(65-52)62-41-16-13-15-39(56)48(41)49(57)71/h10-22,25,30-33,66H,1,23-24,26-29H2,2-9H3,(H2,57,71)(H,61,70)(H,58,63,64)(H2,59,60,62,65). The minimum absolute atomic E-state index is 0.0566. The van der Waals surface area contributed by atoms with Crippen molar-refractivity contribution >= 4 is 94.8 Å². The van der Waals surface area contributed by atoms with Gasteiger partial charge in [-0.1, -0.05) is 30.8 Å². The number of hydrogen-bond acceptors (Lipinski definition) is 15. The smallest absolute Gasteiger partial charge is 0.253 e. The molecule has 0 saturated heterocycles. The Labute approximate surface area is 450 Å². The second-order valence-corrected chi connectivity index (χ2v) is 21.9. The molecule has 3 heterocycles. The molecule has 0 unspecified atom stereocenters. The largest absolute Gasteiger partial charge is 0.494 e. The average molecular weight is 1120 g/mol. The van der Waals surface area contributed by atoms with Gasteiger partial charge >= 0.3 is 0 Å². The van der Waals surface area contributed by atoms with Crippen LogP contribution in [0, 0.1) is 5.82 Å². The third kappa shape index (κ3) is 14.2. The fraction of sp³-hybridized carbons (Fsp3) is 0.296. The second kappa shape index (κ2) is 24.0. The first-order chi connectivity index (χ1) is 36.0. The molecule has 76 heavy (non-hydrogen) atoms. The summed E-state index contributed by atoms with van der Waals surface area (Å²) in [4.78, 5) is 46.9. The average Bonchev–Trinajstić information content (AvgIpc) is 3.72. The molecule has 0 bridgehead atoms. The highest BCUT2D eigenvalue weighted by Crippen LogP contribution is 2.39. The molecule has 0 aliphatic carbocycles. The minimum Gasteiger partial charge on any atom is -0.494 e. The first-order valence-electron chi connectivity index (χ1n) is 24.2. The Balaban J connectivity index is 0.896. The molecule has 0 fully saturated rings. The number of likely N-dealkylation sites (N-methyl/N-ethyl adjacent to an activating group) is 2. The fourth-order valence-electron chi connectivity index (χ4n) is 8.18.